The van der Waals surface area contributed by atoms with Gasteiger partial charge in [-0.05, 0) is 59.3 Å². The molecular weight excluding hydrogens is 559 g/mol. The zero-order chi connectivity index (χ0) is 25.4. The summed E-state index contributed by atoms with van der Waals surface area (Å²) in [6, 6.07) is 13.4. The van der Waals surface area contributed by atoms with Crippen LogP contribution in [0.4, 0.5) is 0 Å². The Bertz CT molecular complexity index is 989. The summed E-state index contributed by atoms with van der Waals surface area (Å²) in [5.74, 6) is -1.61. The topological polar surface area (TPSA) is 127 Å². The number of ether oxygens (including phenoxy) is 2. The van der Waals surface area contributed by atoms with E-state index >= 15 is 0 Å². The average Bonchev–Trinajstić information content (AvgIpc) is 2.83. The standard InChI is InChI=1S/C11H14O4S.C8H10O2S.C3H5BrO2.Na/c1-3-9-4-6-10(7-5-9)16(13,14)8-11(12)15-2;1-2-7-3-5-8(6-4-7)11(9)10;1-6-3(5)2-4;/h4-7H,3,8H2,1-2H3;3-6H,2H2,1H3,(H,9,10);2H2,1H3;/q;;;+1/p-1. The zero-order valence-electron chi connectivity index (χ0n) is 19.9. The first-order valence-corrected chi connectivity index (χ1v) is 13.6. The summed E-state index contributed by atoms with van der Waals surface area (Å²) in [5.41, 5.74) is 2.20. The van der Waals surface area contributed by atoms with E-state index in [4.69, 9.17) is 0 Å². The van der Waals surface area contributed by atoms with Crippen molar-refractivity contribution in [1.82, 2.24) is 0 Å². The smallest absolute Gasteiger partial charge is 0.768 e. The van der Waals surface area contributed by atoms with Crippen LogP contribution in [0.2, 0.25) is 0 Å². The van der Waals surface area contributed by atoms with Crippen LogP contribution < -0.4 is 29.6 Å². The maximum absolute atomic E-state index is 11.7. The van der Waals surface area contributed by atoms with Gasteiger partial charge in [0.15, 0.2) is 15.6 Å². The van der Waals surface area contributed by atoms with Crippen LogP contribution in [0.1, 0.15) is 25.0 Å². The first-order chi connectivity index (χ1) is 15.5. The summed E-state index contributed by atoms with van der Waals surface area (Å²) >= 11 is 0.811. The minimum atomic E-state index is -3.57. The number of sulfone groups is 1. The van der Waals surface area contributed by atoms with Crippen molar-refractivity contribution in [2.24, 2.45) is 0 Å². The second-order valence-corrected chi connectivity index (χ2v) is 9.77. The summed E-state index contributed by atoms with van der Waals surface area (Å²) in [7, 11) is -1.06. The van der Waals surface area contributed by atoms with Crippen molar-refractivity contribution in [1.29, 1.82) is 0 Å². The number of benzene rings is 2. The molecule has 0 aliphatic rings. The Kier molecular flexibility index (Phi) is 19.8. The molecule has 2 aromatic carbocycles. The van der Waals surface area contributed by atoms with Crippen molar-refractivity contribution in [2.75, 3.05) is 25.3 Å². The van der Waals surface area contributed by atoms with Gasteiger partial charge in [0.05, 0.1) is 19.1 Å². The molecular formula is C22H28BrNaO8S2. The van der Waals surface area contributed by atoms with Crippen molar-refractivity contribution >= 4 is 48.8 Å². The van der Waals surface area contributed by atoms with Crippen molar-refractivity contribution in [3.63, 3.8) is 0 Å². The Morgan fingerprint density at radius 2 is 1.29 bits per heavy atom. The van der Waals surface area contributed by atoms with Crippen LogP contribution in [-0.2, 0) is 52.8 Å². The summed E-state index contributed by atoms with van der Waals surface area (Å²) in [6.07, 6.45) is 1.78. The van der Waals surface area contributed by atoms with Crippen LogP contribution in [0.5, 0.6) is 0 Å². The molecule has 0 aromatic heterocycles. The third-order valence-electron chi connectivity index (χ3n) is 4.09. The van der Waals surface area contributed by atoms with Gasteiger partial charge in [0, 0.05) is 4.90 Å². The van der Waals surface area contributed by atoms with Crippen LogP contribution in [-0.4, -0.2) is 54.4 Å². The van der Waals surface area contributed by atoms with Gasteiger partial charge in [-0.3, -0.25) is 13.8 Å². The van der Waals surface area contributed by atoms with Gasteiger partial charge in [0.2, 0.25) is 0 Å². The molecule has 2 aromatic rings. The number of rotatable bonds is 7. The van der Waals surface area contributed by atoms with E-state index in [1.807, 2.05) is 26.0 Å². The minimum Gasteiger partial charge on any atom is -0.768 e. The minimum absolute atomic E-state index is 0. The molecule has 0 aliphatic carbocycles. The molecule has 184 valence electrons. The van der Waals surface area contributed by atoms with E-state index in [1.54, 1.807) is 24.3 Å². The van der Waals surface area contributed by atoms with E-state index in [9.17, 15) is 26.8 Å². The summed E-state index contributed by atoms with van der Waals surface area (Å²) in [5, 5.41) is 0.281. The Morgan fingerprint density at radius 1 is 0.882 bits per heavy atom. The molecule has 0 radical (unpaired) electrons. The second-order valence-electron chi connectivity index (χ2n) is 6.27. The van der Waals surface area contributed by atoms with E-state index in [0.29, 0.717) is 4.90 Å². The average molecular weight is 587 g/mol. The van der Waals surface area contributed by atoms with E-state index in [2.05, 4.69) is 25.4 Å². The molecule has 8 nitrogen and oxygen atoms in total. The first kappa shape index (κ1) is 35.1. The van der Waals surface area contributed by atoms with Crippen LogP contribution in [0.3, 0.4) is 0 Å². The van der Waals surface area contributed by atoms with Gasteiger partial charge in [-0.25, -0.2) is 8.42 Å². The number of hydrogen-bond donors (Lipinski definition) is 0. The number of halogens is 1. The van der Waals surface area contributed by atoms with E-state index < -0.39 is 32.6 Å². The largest absolute Gasteiger partial charge is 1.00 e. The third kappa shape index (κ3) is 14.3. The number of esters is 2. The van der Waals surface area contributed by atoms with Gasteiger partial charge in [-0.1, -0.05) is 54.0 Å². The zero-order valence-corrected chi connectivity index (χ0v) is 25.1. The summed E-state index contributed by atoms with van der Waals surface area (Å²) in [4.78, 5) is 21.3. The number of hydrogen-bond acceptors (Lipinski definition) is 8. The van der Waals surface area contributed by atoms with Gasteiger partial charge in [-0.15, -0.1) is 0 Å². The SMILES string of the molecule is CCc1ccc(S(=O)(=O)CC(=O)OC)cc1.CCc1ccc(S(=O)[O-])cc1.COC(=O)CBr.[Na+]. The molecule has 12 heteroatoms. The third-order valence-corrected chi connectivity index (χ3v) is 6.81. The van der Waals surface area contributed by atoms with Gasteiger partial charge >= 0.3 is 41.5 Å². The van der Waals surface area contributed by atoms with Crippen molar-refractivity contribution < 1.29 is 65.8 Å². The molecule has 0 amide bonds. The predicted molar refractivity (Wildman–Crippen MR) is 129 cm³/mol. The molecule has 0 spiro atoms. The molecule has 2 rings (SSSR count). The molecule has 1 atom stereocenters. The Morgan fingerprint density at radius 3 is 1.59 bits per heavy atom. The number of carbonyl (C=O) groups excluding carboxylic acids is 2. The molecule has 1 unspecified atom stereocenters. The van der Waals surface area contributed by atoms with Crippen molar-refractivity contribution in [2.45, 2.75) is 36.5 Å². The first-order valence-electron chi connectivity index (χ1n) is 9.74. The number of methoxy groups -OCH3 is 2. The second kappa shape index (κ2) is 19.1. The van der Waals surface area contributed by atoms with E-state index in [0.717, 1.165) is 31.1 Å². The van der Waals surface area contributed by atoms with Crippen molar-refractivity contribution in [3.05, 3.63) is 59.7 Å². The van der Waals surface area contributed by atoms with E-state index in [1.165, 1.54) is 19.2 Å². The molecule has 0 N–H and O–H groups in total. The number of alkyl halides is 1. The van der Waals surface area contributed by atoms with Crippen LogP contribution in [0, 0.1) is 0 Å². The van der Waals surface area contributed by atoms with Crippen molar-refractivity contribution in [3.8, 4) is 0 Å². The van der Waals surface area contributed by atoms with Crippen LogP contribution >= 0.6 is 15.9 Å². The van der Waals surface area contributed by atoms with Gasteiger partial charge in [-0.2, -0.15) is 0 Å². The maximum Gasteiger partial charge on any atom is 1.00 e. The fourth-order valence-corrected chi connectivity index (χ4v) is 3.85. The Balaban J connectivity index is 0. The quantitative estimate of drug-likeness (QED) is 0.195. The maximum atomic E-state index is 11.7. The molecule has 0 fully saturated rings. The van der Waals surface area contributed by atoms with E-state index in [-0.39, 0.29) is 45.8 Å². The van der Waals surface area contributed by atoms with Crippen LogP contribution in [0.15, 0.2) is 58.3 Å². The van der Waals surface area contributed by atoms with Gasteiger partial charge in [0.1, 0.15) is 5.33 Å². The Labute approximate surface area is 234 Å². The fourth-order valence-electron chi connectivity index (χ4n) is 2.12. The van der Waals surface area contributed by atoms with Gasteiger partial charge < -0.3 is 14.0 Å². The molecule has 0 saturated carbocycles. The van der Waals surface area contributed by atoms with Crippen LogP contribution in [0.25, 0.3) is 0 Å². The fraction of sp³-hybridized carbons (Fsp3) is 0.364. The molecule has 0 bridgehead atoms. The molecule has 0 aliphatic heterocycles. The van der Waals surface area contributed by atoms with Gasteiger partial charge in [0.25, 0.3) is 0 Å². The number of aryl methyl sites for hydroxylation is 2. The summed E-state index contributed by atoms with van der Waals surface area (Å²) in [6.45, 7) is 4.02. The number of carbonyl (C=O) groups is 2. The predicted octanol–water partition coefficient (Wildman–Crippen LogP) is 0.241. The normalized spacial score (nSPS) is 10.8. The monoisotopic (exact) mass is 586 g/mol. The molecule has 0 saturated heterocycles. The molecule has 0 heterocycles. The summed E-state index contributed by atoms with van der Waals surface area (Å²) < 4.78 is 52.7. The molecule has 34 heavy (non-hydrogen) atoms. The Hall–Kier alpha value is -1.08.